The predicted molar refractivity (Wildman–Crippen MR) is 121 cm³/mol. The Hall–Kier alpha value is -1.83. The standard InChI is InChI=1S/C20H22BrClN2O3S/c1-12(2)8-9-27-17-6-4-13(10-15(17)21)19(25)24-20(28)23-14-5-7-18(26-3)16(22)11-14/h4-7,10-12H,8-9H2,1-3H3,(H2,23,24,25,28). The highest BCUT2D eigenvalue weighted by Gasteiger charge is 2.12. The van der Waals surface area contributed by atoms with Crippen LogP contribution in [0.4, 0.5) is 5.69 Å². The van der Waals surface area contributed by atoms with Crippen molar-refractivity contribution in [1.29, 1.82) is 0 Å². The van der Waals surface area contributed by atoms with E-state index in [1.54, 1.807) is 36.4 Å². The molecule has 0 aliphatic carbocycles. The minimum atomic E-state index is -0.327. The molecule has 2 aromatic carbocycles. The third kappa shape index (κ3) is 6.65. The van der Waals surface area contributed by atoms with Crippen molar-refractivity contribution in [2.45, 2.75) is 20.3 Å². The summed E-state index contributed by atoms with van der Waals surface area (Å²) in [7, 11) is 1.54. The van der Waals surface area contributed by atoms with Crippen molar-refractivity contribution in [3.63, 3.8) is 0 Å². The summed E-state index contributed by atoms with van der Waals surface area (Å²) < 4.78 is 11.6. The summed E-state index contributed by atoms with van der Waals surface area (Å²) in [5.41, 5.74) is 1.10. The van der Waals surface area contributed by atoms with E-state index >= 15 is 0 Å². The topological polar surface area (TPSA) is 59.6 Å². The molecule has 150 valence electrons. The number of amides is 1. The molecule has 28 heavy (non-hydrogen) atoms. The monoisotopic (exact) mass is 484 g/mol. The molecule has 0 saturated heterocycles. The van der Waals surface area contributed by atoms with Gasteiger partial charge < -0.3 is 14.8 Å². The molecule has 1 amide bonds. The molecular weight excluding hydrogens is 464 g/mol. The molecule has 8 heteroatoms. The molecule has 5 nitrogen and oxygen atoms in total. The molecule has 0 bridgehead atoms. The summed E-state index contributed by atoms with van der Waals surface area (Å²) in [4.78, 5) is 12.4. The van der Waals surface area contributed by atoms with Gasteiger partial charge in [0.25, 0.3) is 5.91 Å². The number of carbonyl (C=O) groups is 1. The SMILES string of the molecule is COc1ccc(NC(=S)NC(=O)c2ccc(OCCC(C)C)c(Br)c2)cc1Cl. The van der Waals surface area contributed by atoms with Crippen LogP contribution in [0.2, 0.25) is 5.02 Å². The minimum absolute atomic E-state index is 0.166. The zero-order chi connectivity index (χ0) is 20.7. The van der Waals surface area contributed by atoms with Gasteiger partial charge in [0.05, 0.1) is 23.2 Å². The number of hydrogen-bond donors (Lipinski definition) is 2. The van der Waals surface area contributed by atoms with Crippen LogP contribution in [0.15, 0.2) is 40.9 Å². The Kier molecular flexibility index (Phi) is 8.54. The molecule has 0 fully saturated rings. The number of nitrogens with one attached hydrogen (secondary N) is 2. The maximum Gasteiger partial charge on any atom is 0.257 e. The Labute approximate surface area is 183 Å². The van der Waals surface area contributed by atoms with Crippen molar-refractivity contribution < 1.29 is 14.3 Å². The van der Waals surface area contributed by atoms with Gasteiger partial charge in [-0.25, -0.2) is 0 Å². The molecule has 0 heterocycles. The highest BCUT2D eigenvalue weighted by atomic mass is 79.9. The van der Waals surface area contributed by atoms with Gasteiger partial charge in [0, 0.05) is 11.3 Å². The van der Waals surface area contributed by atoms with Gasteiger partial charge in [-0.3, -0.25) is 10.1 Å². The van der Waals surface area contributed by atoms with Crippen molar-refractivity contribution in [3.8, 4) is 11.5 Å². The molecule has 0 atom stereocenters. The Morgan fingerprint density at radius 1 is 1.21 bits per heavy atom. The van der Waals surface area contributed by atoms with E-state index in [1.165, 1.54) is 7.11 Å². The second kappa shape index (κ2) is 10.6. The van der Waals surface area contributed by atoms with Gasteiger partial charge >= 0.3 is 0 Å². The Morgan fingerprint density at radius 2 is 1.93 bits per heavy atom. The highest BCUT2D eigenvalue weighted by Crippen LogP contribution is 2.28. The van der Waals surface area contributed by atoms with Gasteiger partial charge in [0.2, 0.25) is 0 Å². The smallest absolute Gasteiger partial charge is 0.257 e. The van der Waals surface area contributed by atoms with E-state index in [0.717, 1.165) is 6.42 Å². The maximum absolute atomic E-state index is 12.4. The number of rotatable bonds is 7. The Bertz CT molecular complexity index is 861. The Balaban J connectivity index is 1.95. The van der Waals surface area contributed by atoms with Crippen LogP contribution in [0, 0.1) is 5.92 Å². The number of methoxy groups -OCH3 is 1. The normalized spacial score (nSPS) is 10.5. The lowest BCUT2D eigenvalue weighted by atomic mass is 10.1. The lowest BCUT2D eigenvalue weighted by Crippen LogP contribution is -2.34. The molecule has 2 N–H and O–H groups in total. The number of halogens is 2. The van der Waals surface area contributed by atoms with E-state index in [2.05, 4.69) is 40.4 Å². The molecule has 0 aliphatic heterocycles. The van der Waals surface area contributed by atoms with Crippen LogP contribution >= 0.6 is 39.7 Å². The molecule has 0 aliphatic rings. The summed E-state index contributed by atoms with van der Waals surface area (Å²) in [6, 6.07) is 10.3. The number of benzene rings is 2. The summed E-state index contributed by atoms with van der Waals surface area (Å²) in [6.45, 7) is 4.91. The maximum atomic E-state index is 12.4. The summed E-state index contributed by atoms with van der Waals surface area (Å²) in [6.07, 6.45) is 0.962. The zero-order valence-electron chi connectivity index (χ0n) is 15.8. The van der Waals surface area contributed by atoms with Crippen molar-refractivity contribution in [2.75, 3.05) is 19.0 Å². The molecule has 0 aromatic heterocycles. The van der Waals surface area contributed by atoms with Gasteiger partial charge in [0.15, 0.2) is 5.11 Å². The van der Waals surface area contributed by atoms with E-state index in [-0.39, 0.29) is 11.0 Å². The second-order valence-corrected chi connectivity index (χ2v) is 8.10. The summed E-state index contributed by atoms with van der Waals surface area (Å²) in [5, 5.41) is 6.17. The number of anilines is 1. The number of thiocarbonyl (C=S) groups is 1. The van der Waals surface area contributed by atoms with Crippen molar-refractivity contribution in [2.24, 2.45) is 5.92 Å². The predicted octanol–water partition coefficient (Wildman–Crippen LogP) is 5.66. The number of ether oxygens (including phenoxy) is 2. The quantitative estimate of drug-likeness (QED) is 0.495. The van der Waals surface area contributed by atoms with Gasteiger partial charge in [-0.1, -0.05) is 25.4 Å². The third-order valence-corrected chi connectivity index (χ3v) is 4.90. The molecule has 0 saturated carbocycles. The number of carbonyl (C=O) groups excluding carboxylic acids is 1. The highest BCUT2D eigenvalue weighted by molar-refractivity contribution is 9.10. The first-order valence-electron chi connectivity index (χ1n) is 8.68. The fourth-order valence-corrected chi connectivity index (χ4v) is 3.21. The fraction of sp³-hybridized carbons (Fsp3) is 0.300. The van der Waals surface area contributed by atoms with E-state index in [9.17, 15) is 4.79 Å². The third-order valence-electron chi connectivity index (χ3n) is 3.78. The Morgan fingerprint density at radius 3 is 2.54 bits per heavy atom. The average Bonchev–Trinajstić information content (AvgIpc) is 2.62. The zero-order valence-corrected chi connectivity index (χ0v) is 19.0. The van der Waals surface area contributed by atoms with Gasteiger partial charge in [0.1, 0.15) is 11.5 Å². The van der Waals surface area contributed by atoms with Gasteiger partial charge in [-0.2, -0.15) is 0 Å². The van der Waals surface area contributed by atoms with Crippen LogP contribution in [0.25, 0.3) is 0 Å². The summed E-state index contributed by atoms with van der Waals surface area (Å²) >= 11 is 14.7. The average molecular weight is 486 g/mol. The largest absolute Gasteiger partial charge is 0.495 e. The lowest BCUT2D eigenvalue weighted by Gasteiger charge is -2.13. The molecule has 0 spiro atoms. The van der Waals surface area contributed by atoms with E-state index < -0.39 is 0 Å². The van der Waals surface area contributed by atoms with Crippen molar-refractivity contribution in [1.82, 2.24) is 5.32 Å². The van der Waals surface area contributed by atoms with Crippen LogP contribution in [-0.4, -0.2) is 24.7 Å². The van der Waals surface area contributed by atoms with Crippen LogP contribution in [0.1, 0.15) is 30.6 Å². The minimum Gasteiger partial charge on any atom is -0.495 e. The van der Waals surface area contributed by atoms with Gasteiger partial charge in [-0.05, 0) is 76.9 Å². The van der Waals surface area contributed by atoms with Crippen molar-refractivity contribution in [3.05, 3.63) is 51.5 Å². The van der Waals surface area contributed by atoms with Crippen LogP contribution in [-0.2, 0) is 0 Å². The molecule has 2 aromatic rings. The summed E-state index contributed by atoms with van der Waals surface area (Å²) in [5.74, 6) is 1.50. The molecule has 0 radical (unpaired) electrons. The molecule has 2 rings (SSSR count). The first kappa shape index (κ1) is 22.5. The number of hydrogen-bond acceptors (Lipinski definition) is 4. The van der Waals surface area contributed by atoms with Gasteiger partial charge in [-0.15, -0.1) is 0 Å². The first-order chi connectivity index (χ1) is 13.3. The molecular formula is C20H22BrClN2O3S. The van der Waals surface area contributed by atoms with E-state index in [1.807, 2.05) is 0 Å². The molecule has 0 unspecified atom stereocenters. The lowest BCUT2D eigenvalue weighted by molar-refractivity contribution is 0.0977. The fourth-order valence-electron chi connectivity index (χ4n) is 2.25. The van der Waals surface area contributed by atoms with Crippen LogP contribution < -0.4 is 20.1 Å². The first-order valence-corrected chi connectivity index (χ1v) is 10.3. The van der Waals surface area contributed by atoms with Crippen LogP contribution in [0.5, 0.6) is 11.5 Å². The van der Waals surface area contributed by atoms with E-state index in [0.29, 0.717) is 44.8 Å². The second-order valence-electron chi connectivity index (χ2n) is 6.43. The van der Waals surface area contributed by atoms with Crippen LogP contribution in [0.3, 0.4) is 0 Å². The van der Waals surface area contributed by atoms with Crippen molar-refractivity contribution >= 4 is 56.5 Å². The van der Waals surface area contributed by atoms with E-state index in [4.69, 9.17) is 33.3 Å².